The molecule has 4 nitrogen and oxygen atoms in total. The highest BCUT2D eigenvalue weighted by Crippen LogP contribution is 2.40. The van der Waals surface area contributed by atoms with Crippen LogP contribution in [-0.4, -0.2) is 38.3 Å². The molecule has 3 atom stereocenters. The average molecular weight is 290 g/mol. The van der Waals surface area contributed by atoms with Crippen molar-refractivity contribution in [1.29, 1.82) is 0 Å². The lowest BCUT2D eigenvalue weighted by atomic mass is 9.89. The number of ether oxygens (including phenoxy) is 2. The van der Waals surface area contributed by atoms with Crippen molar-refractivity contribution in [2.45, 2.75) is 25.8 Å². The number of hydrogen-bond acceptors (Lipinski definition) is 4. The smallest absolute Gasteiger partial charge is 0.165 e. The van der Waals surface area contributed by atoms with E-state index in [0.29, 0.717) is 12.5 Å². The summed E-state index contributed by atoms with van der Waals surface area (Å²) >= 11 is 0. The number of methoxy groups -OCH3 is 1. The number of nitrogens with two attached hydrogens (primary N) is 1. The molecule has 1 saturated heterocycles. The molecule has 2 aliphatic rings. The quantitative estimate of drug-likeness (QED) is 0.929. The summed E-state index contributed by atoms with van der Waals surface area (Å²) in [6, 6.07) is 6.01. The van der Waals surface area contributed by atoms with Gasteiger partial charge in [0.15, 0.2) is 11.5 Å². The Kier molecular flexibility index (Phi) is 4.36. The highest BCUT2D eigenvalue weighted by molar-refractivity contribution is 5.49. The van der Waals surface area contributed by atoms with E-state index in [4.69, 9.17) is 15.2 Å². The zero-order valence-electron chi connectivity index (χ0n) is 13.0. The summed E-state index contributed by atoms with van der Waals surface area (Å²) in [6.07, 6.45) is 2.65. The predicted octanol–water partition coefficient (Wildman–Crippen LogP) is 2.44. The Labute approximate surface area is 127 Å². The maximum Gasteiger partial charge on any atom is 0.165 e. The fourth-order valence-electron chi connectivity index (χ4n) is 3.61. The van der Waals surface area contributed by atoms with E-state index in [9.17, 15) is 0 Å². The standard InChI is InChI=1S/C17H26N2O2/c1-12-5-4-8-19(9-12)10-13-11-21-17-14(16(13)18)6-3-7-15(17)20-2/h3,6-7,12-13,16H,4-5,8-11,18H2,1-2H3. The average Bonchev–Trinajstić information content (AvgIpc) is 2.50. The molecule has 2 N–H and O–H groups in total. The first-order chi connectivity index (χ1) is 10.2. The van der Waals surface area contributed by atoms with Gasteiger partial charge in [-0.05, 0) is 31.4 Å². The first kappa shape index (κ1) is 14.7. The van der Waals surface area contributed by atoms with Crippen LogP contribution >= 0.6 is 0 Å². The minimum absolute atomic E-state index is 0.0288. The van der Waals surface area contributed by atoms with Crippen molar-refractivity contribution in [1.82, 2.24) is 4.90 Å². The third-order valence-electron chi connectivity index (χ3n) is 4.77. The van der Waals surface area contributed by atoms with E-state index in [-0.39, 0.29) is 6.04 Å². The van der Waals surface area contributed by atoms with Crippen LogP contribution in [0.1, 0.15) is 31.4 Å². The molecule has 21 heavy (non-hydrogen) atoms. The molecule has 0 amide bonds. The van der Waals surface area contributed by atoms with Crippen molar-refractivity contribution < 1.29 is 9.47 Å². The van der Waals surface area contributed by atoms with Crippen LogP contribution in [0.15, 0.2) is 18.2 Å². The molecule has 1 fully saturated rings. The van der Waals surface area contributed by atoms with Gasteiger partial charge in [0.2, 0.25) is 0 Å². The normalized spacial score (nSPS) is 29.6. The van der Waals surface area contributed by atoms with Gasteiger partial charge in [0.25, 0.3) is 0 Å². The molecule has 1 aromatic carbocycles. The van der Waals surface area contributed by atoms with Gasteiger partial charge < -0.3 is 20.1 Å². The topological polar surface area (TPSA) is 47.7 Å². The SMILES string of the molecule is COc1cccc2c1OCC(CN1CCCC(C)C1)C2N. The number of hydrogen-bond donors (Lipinski definition) is 1. The number of fused-ring (bicyclic) bond motifs is 1. The predicted molar refractivity (Wildman–Crippen MR) is 83.7 cm³/mol. The van der Waals surface area contributed by atoms with Crippen molar-refractivity contribution in [3.63, 3.8) is 0 Å². The molecule has 0 spiro atoms. The first-order valence-electron chi connectivity index (χ1n) is 7.96. The van der Waals surface area contributed by atoms with Crippen molar-refractivity contribution in [3.05, 3.63) is 23.8 Å². The van der Waals surface area contributed by atoms with Crippen LogP contribution in [0, 0.1) is 11.8 Å². The van der Waals surface area contributed by atoms with Crippen molar-refractivity contribution >= 4 is 0 Å². The third-order valence-corrected chi connectivity index (χ3v) is 4.77. The van der Waals surface area contributed by atoms with Gasteiger partial charge in [-0.3, -0.25) is 0 Å². The Bertz CT molecular complexity index is 492. The van der Waals surface area contributed by atoms with Crippen LogP contribution in [0.3, 0.4) is 0 Å². The number of rotatable bonds is 3. The van der Waals surface area contributed by atoms with Crippen LogP contribution in [0.25, 0.3) is 0 Å². The molecule has 0 saturated carbocycles. The highest BCUT2D eigenvalue weighted by atomic mass is 16.5. The van der Waals surface area contributed by atoms with E-state index in [2.05, 4.69) is 17.9 Å². The lowest BCUT2D eigenvalue weighted by Gasteiger charge is -2.38. The van der Waals surface area contributed by atoms with E-state index in [1.54, 1.807) is 7.11 Å². The first-order valence-corrected chi connectivity index (χ1v) is 7.96. The molecular formula is C17H26N2O2. The van der Waals surface area contributed by atoms with E-state index < -0.39 is 0 Å². The zero-order chi connectivity index (χ0) is 14.8. The number of likely N-dealkylation sites (tertiary alicyclic amines) is 1. The molecule has 0 bridgehead atoms. The van der Waals surface area contributed by atoms with Gasteiger partial charge in [-0.25, -0.2) is 0 Å². The van der Waals surface area contributed by atoms with Gasteiger partial charge in [0, 0.05) is 30.6 Å². The van der Waals surface area contributed by atoms with Crippen LogP contribution in [0.2, 0.25) is 0 Å². The molecule has 2 heterocycles. The van der Waals surface area contributed by atoms with Gasteiger partial charge in [-0.2, -0.15) is 0 Å². The maximum absolute atomic E-state index is 6.50. The summed E-state index contributed by atoms with van der Waals surface area (Å²) in [5.41, 5.74) is 7.58. The summed E-state index contributed by atoms with van der Waals surface area (Å²) in [4.78, 5) is 2.55. The monoisotopic (exact) mass is 290 g/mol. The maximum atomic E-state index is 6.50. The third kappa shape index (κ3) is 3.01. The molecule has 3 unspecified atom stereocenters. The second-order valence-electron chi connectivity index (χ2n) is 6.48. The van der Waals surface area contributed by atoms with Crippen molar-refractivity contribution in [3.8, 4) is 11.5 Å². The van der Waals surface area contributed by atoms with E-state index in [1.807, 2.05) is 12.1 Å². The summed E-state index contributed by atoms with van der Waals surface area (Å²) in [5.74, 6) is 2.77. The van der Waals surface area contributed by atoms with Gasteiger partial charge in [-0.15, -0.1) is 0 Å². The van der Waals surface area contributed by atoms with Crippen LogP contribution in [-0.2, 0) is 0 Å². The minimum Gasteiger partial charge on any atom is -0.493 e. The molecule has 1 aromatic rings. The summed E-state index contributed by atoms with van der Waals surface area (Å²) in [5, 5.41) is 0. The number of nitrogens with zero attached hydrogens (tertiary/aromatic N) is 1. The summed E-state index contributed by atoms with van der Waals surface area (Å²) < 4.78 is 11.3. The lowest BCUT2D eigenvalue weighted by molar-refractivity contribution is 0.107. The molecule has 2 aliphatic heterocycles. The molecule has 0 aliphatic carbocycles. The Morgan fingerprint density at radius 1 is 1.43 bits per heavy atom. The molecule has 4 heteroatoms. The Morgan fingerprint density at radius 3 is 3.05 bits per heavy atom. The van der Waals surface area contributed by atoms with Crippen LogP contribution < -0.4 is 15.2 Å². The van der Waals surface area contributed by atoms with E-state index >= 15 is 0 Å². The molecule has 0 radical (unpaired) electrons. The van der Waals surface area contributed by atoms with Gasteiger partial charge in [0.05, 0.1) is 13.7 Å². The van der Waals surface area contributed by atoms with Gasteiger partial charge in [-0.1, -0.05) is 19.1 Å². The highest BCUT2D eigenvalue weighted by Gasteiger charge is 2.32. The molecule has 3 rings (SSSR count). The summed E-state index contributed by atoms with van der Waals surface area (Å²) in [7, 11) is 1.67. The van der Waals surface area contributed by atoms with Crippen molar-refractivity contribution in [2.24, 2.45) is 17.6 Å². The Balaban J connectivity index is 1.72. The molecule has 0 aromatic heterocycles. The fraction of sp³-hybridized carbons (Fsp3) is 0.647. The number of benzene rings is 1. The van der Waals surface area contributed by atoms with Gasteiger partial charge in [0.1, 0.15) is 0 Å². The summed E-state index contributed by atoms with van der Waals surface area (Å²) in [6.45, 7) is 6.43. The van der Waals surface area contributed by atoms with E-state index in [0.717, 1.165) is 29.5 Å². The second-order valence-corrected chi connectivity index (χ2v) is 6.48. The Hall–Kier alpha value is -1.26. The van der Waals surface area contributed by atoms with Crippen LogP contribution in [0.5, 0.6) is 11.5 Å². The van der Waals surface area contributed by atoms with Gasteiger partial charge >= 0.3 is 0 Å². The number of para-hydroxylation sites is 1. The largest absolute Gasteiger partial charge is 0.493 e. The Morgan fingerprint density at radius 2 is 2.29 bits per heavy atom. The van der Waals surface area contributed by atoms with Crippen molar-refractivity contribution in [2.75, 3.05) is 33.4 Å². The lowest BCUT2D eigenvalue weighted by Crippen LogP contribution is -2.43. The second kappa shape index (κ2) is 6.24. The minimum atomic E-state index is 0.0288. The zero-order valence-corrected chi connectivity index (χ0v) is 13.0. The van der Waals surface area contributed by atoms with Crippen LogP contribution in [0.4, 0.5) is 0 Å². The molecule has 116 valence electrons. The fourth-order valence-corrected chi connectivity index (χ4v) is 3.61. The molecular weight excluding hydrogens is 264 g/mol. The number of piperidine rings is 1. The van der Waals surface area contributed by atoms with E-state index in [1.165, 1.54) is 25.9 Å².